The Morgan fingerprint density at radius 2 is 2.29 bits per heavy atom. The summed E-state index contributed by atoms with van der Waals surface area (Å²) in [7, 11) is 0. The molecule has 0 aliphatic heterocycles. The van der Waals surface area contributed by atoms with Crippen molar-refractivity contribution >= 4 is 17.7 Å². The number of carbonyl (C=O) groups is 1. The van der Waals surface area contributed by atoms with Crippen molar-refractivity contribution in [1.29, 1.82) is 0 Å². The minimum absolute atomic E-state index is 0.465. The zero-order valence-electron chi connectivity index (χ0n) is 10.3. The summed E-state index contributed by atoms with van der Waals surface area (Å²) in [4.78, 5) is 11.2. The highest BCUT2D eigenvalue weighted by molar-refractivity contribution is 7.99. The van der Waals surface area contributed by atoms with Crippen molar-refractivity contribution in [3.8, 4) is 0 Å². The summed E-state index contributed by atoms with van der Waals surface area (Å²) in [6.07, 6.45) is 3.49. The molecule has 0 heterocycles. The lowest BCUT2D eigenvalue weighted by Gasteiger charge is -2.27. The van der Waals surface area contributed by atoms with E-state index in [4.69, 9.17) is 0 Å². The van der Waals surface area contributed by atoms with Gasteiger partial charge >= 0.3 is 5.97 Å². The molecule has 0 saturated heterocycles. The van der Waals surface area contributed by atoms with E-state index in [1.165, 1.54) is 24.0 Å². The zero-order chi connectivity index (χ0) is 12.4. The largest absolute Gasteiger partial charge is 0.478 e. The molecule has 1 aromatic rings. The minimum atomic E-state index is -0.809. The number of aryl methyl sites for hydroxylation is 1. The normalized spacial score (nSPS) is 18.8. The van der Waals surface area contributed by atoms with E-state index in [0.29, 0.717) is 10.8 Å². The molecule has 0 saturated carbocycles. The molecule has 1 unspecified atom stereocenters. The van der Waals surface area contributed by atoms with Crippen molar-refractivity contribution in [3.05, 3.63) is 34.4 Å². The Kier molecular flexibility index (Phi) is 3.77. The monoisotopic (exact) mass is 250 g/mol. The summed E-state index contributed by atoms with van der Waals surface area (Å²) in [5.74, 6) is 0.275. The molecule has 0 spiro atoms. The average molecular weight is 250 g/mol. The van der Waals surface area contributed by atoms with Gasteiger partial charge in [-0.05, 0) is 54.7 Å². The van der Waals surface area contributed by atoms with Crippen LogP contribution in [0.2, 0.25) is 0 Å². The van der Waals surface area contributed by atoms with Gasteiger partial charge in [-0.2, -0.15) is 11.8 Å². The Bertz CT molecular complexity index is 440. The summed E-state index contributed by atoms with van der Waals surface area (Å²) < 4.78 is 0. The van der Waals surface area contributed by atoms with Crippen LogP contribution in [0.25, 0.3) is 0 Å². The molecular weight excluding hydrogens is 232 g/mol. The average Bonchev–Trinajstić information content (AvgIpc) is 2.29. The molecule has 92 valence electrons. The summed E-state index contributed by atoms with van der Waals surface area (Å²) in [5.41, 5.74) is 4.08. The van der Waals surface area contributed by atoms with Gasteiger partial charge < -0.3 is 5.11 Å². The maximum atomic E-state index is 11.2. The first-order chi connectivity index (χ1) is 8.15. The van der Waals surface area contributed by atoms with E-state index in [9.17, 15) is 9.90 Å². The Morgan fingerprint density at radius 3 is 2.94 bits per heavy atom. The fourth-order valence-electron chi connectivity index (χ4n) is 2.67. The third kappa shape index (κ3) is 2.34. The van der Waals surface area contributed by atoms with Gasteiger partial charge in [0.25, 0.3) is 0 Å². The minimum Gasteiger partial charge on any atom is -0.478 e. The van der Waals surface area contributed by atoms with Crippen molar-refractivity contribution < 1.29 is 9.90 Å². The zero-order valence-corrected chi connectivity index (χ0v) is 11.1. The molecule has 0 fully saturated rings. The van der Waals surface area contributed by atoms with Crippen molar-refractivity contribution in [2.24, 2.45) is 0 Å². The fourth-order valence-corrected chi connectivity index (χ4v) is 3.90. The van der Waals surface area contributed by atoms with E-state index >= 15 is 0 Å². The second-order valence-corrected chi connectivity index (χ2v) is 5.93. The summed E-state index contributed by atoms with van der Waals surface area (Å²) in [5, 5.41) is 9.67. The smallest absolute Gasteiger partial charge is 0.335 e. The number of aromatic carboxylic acids is 1. The third-order valence-corrected chi connectivity index (χ3v) is 4.64. The number of hydrogen-bond acceptors (Lipinski definition) is 2. The van der Waals surface area contributed by atoms with Crippen LogP contribution in [0.3, 0.4) is 0 Å². The number of rotatable bonds is 3. The first-order valence-corrected chi connectivity index (χ1v) is 7.17. The van der Waals surface area contributed by atoms with E-state index in [0.717, 1.165) is 17.7 Å². The standard InChI is InChI=1S/C14H18O2S/c1-3-17-12-6-4-5-10-7-8-11(14(15)16)9(2)13(10)12/h7-8,12H,3-6H2,1-2H3,(H,15,16). The van der Waals surface area contributed by atoms with Crippen LogP contribution in [0.15, 0.2) is 12.1 Å². The van der Waals surface area contributed by atoms with Crippen LogP contribution in [0, 0.1) is 6.92 Å². The molecule has 0 amide bonds. The molecule has 3 heteroatoms. The van der Waals surface area contributed by atoms with Crippen molar-refractivity contribution in [3.63, 3.8) is 0 Å². The topological polar surface area (TPSA) is 37.3 Å². The van der Waals surface area contributed by atoms with Gasteiger partial charge in [0.1, 0.15) is 0 Å². The van der Waals surface area contributed by atoms with E-state index < -0.39 is 5.97 Å². The third-order valence-electron chi connectivity index (χ3n) is 3.44. The second kappa shape index (κ2) is 5.13. The summed E-state index contributed by atoms with van der Waals surface area (Å²) in [6, 6.07) is 3.77. The fraction of sp³-hybridized carbons (Fsp3) is 0.500. The lowest BCUT2D eigenvalue weighted by molar-refractivity contribution is 0.0696. The van der Waals surface area contributed by atoms with Crippen LogP contribution in [-0.2, 0) is 6.42 Å². The Labute approximate surface area is 106 Å². The number of thioether (sulfide) groups is 1. The van der Waals surface area contributed by atoms with Gasteiger partial charge in [0.05, 0.1) is 5.56 Å². The molecule has 1 aliphatic carbocycles. The molecule has 0 radical (unpaired) electrons. The molecule has 2 nitrogen and oxygen atoms in total. The van der Waals surface area contributed by atoms with Crippen LogP contribution in [0.4, 0.5) is 0 Å². The van der Waals surface area contributed by atoms with Gasteiger partial charge in [-0.15, -0.1) is 0 Å². The van der Waals surface area contributed by atoms with E-state index in [1.807, 2.05) is 24.8 Å². The van der Waals surface area contributed by atoms with Crippen LogP contribution >= 0.6 is 11.8 Å². The summed E-state index contributed by atoms with van der Waals surface area (Å²) >= 11 is 1.94. The van der Waals surface area contributed by atoms with Gasteiger partial charge in [-0.3, -0.25) is 0 Å². The van der Waals surface area contributed by atoms with Crippen molar-refractivity contribution in [2.45, 2.75) is 38.4 Å². The number of hydrogen-bond donors (Lipinski definition) is 1. The number of carboxylic acid groups (broad SMARTS) is 1. The van der Waals surface area contributed by atoms with Crippen LogP contribution < -0.4 is 0 Å². The molecule has 17 heavy (non-hydrogen) atoms. The van der Waals surface area contributed by atoms with Gasteiger partial charge in [0.2, 0.25) is 0 Å². The van der Waals surface area contributed by atoms with E-state index in [1.54, 1.807) is 6.07 Å². The number of carboxylic acids is 1. The predicted octanol–water partition coefficient (Wildman–Crippen LogP) is 3.82. The summed E-state index contributed by atoms with van der Waals surface area (Å²) in [6.45, 7) is 4.12. The van der Waals surface area contributed by atoms with Gasteiger partial charge in [0, 0.05) is 5.25 Å². The Hall–Kier alpha value is -0.960. The predicted molar refractivity (Wildman–Crippen MR) is 71.9 cm³/mol. The van der Waals surface area contributed by atoms with Crippen molar-refractivity contribution in [2.75, 3.05) is 5.75 Å². The van der Waals surface area contributed by atoms with Gasteiger partial charge in [-0.1, -0.05) is 13.0 Å². The molecule has 0 bridgehead atoms. The maximum absolute atomic E-state index is 11.2. The Balaban J connectivity index is 2.49. The van der Waals surface area contributed by atoms with Gasteiger partial charge in [0.15, 0.2) is 0 Å². The molecular formula is C14H18O2S. The Morgan fingerprint density at radius 1 is 1.53 bits per heavy atom. The highest BCUT2D eigenvalue weighted by Gasteiger charge is 2.24. The van der Waals surface area contributed by atoms with Crippen LogP contribution in [0.5, 0.6) is 0 Å². The highest BCUT2D eigenvalue weighted by Crippen LogP contribution is 2.42. The molecule has 1 atom stereocenters. The number of fused-ring (bicyclic) bond motifs is 1. The lowest BCUT2D eigenvalue weighted by atomic mass is 9.86. The molecule has 1 aromatic carbocycles. The molecule has 1 aliphatic rings. The number of benzene rings is 1. The van der Waals surface area contributed by atoms with E-state index in [-0.39, 0.29) is 0 Å². The molecule has 0 aromatic heterocycles. The van der Waals surface area contributed by atoms with Crippen molar-refractivity contribution in [1.82, 2.24) is 0 Å². The van der Waals surface area contributed by atoms with Crippen LogP contribution in [-0.4, -0.2) is 16.8 Å². The quantitative estimate of drug-likeness (QED) is 0.886. The lowest BCUT2D eigenvalue weighted by Crippen LogP contribution is -2.13. The molecule has 2 rings (SSSR count). The second-order valence-electron chi connectivity index (χ2n) is 4.45. The maximum Gasteiger partial charge on any atom is 0.335 e. The van der Waals surface area contributed by atoms with Gasteiger partial charge in [-0.25, -0.2) is 4.79 Å². The van der Waals surface area contributed by atoms with E-state index in [2.05, 4.69) is 6.92 Å². The SMILES string of the molecule is CCSC1CCCc2ccc(C(=O)O)c(C)c21. The first kappa shape index (κ1) is 12.5. The highest BCUT2D eigenvalue weighted by atomic mass is 32.2. The molecule has 1 N–H and O–H groups in total. The first-order valence-electron chi connectivity index (χ1n) is 6.12. The van der Waals surface area contributed by atoms with Crippen LogP contribution in [0.1, 0.15) is 52.1 Å².